The van der Waals surface area contributed by atoms with Crippen molar-refractivity contribution in [2.24, 2.45) is 0 Å². The van der Waals surface area contributed by atoms with Gasteiger partial charge < -0.3 is 10.2 Å². The lowest BCUT2D eigenvalue weighted by molar-refractivity contribution is -0.134. The molecule has 1 saturated heterocycles. The summed E-state index contributed by atoms with van der Waals surface area (Å²) in [5.74, 6) is -0.300. The fraction of sp³-hybridized carbons (Fsp3) is 0.812. The highest BCUT2D eigenvalue weighted by atomic mass is 32.2. The van der Waals surface area contributed by atoms with E-state index in [1.54, 1.807) is 11.6 Å². The number of rotatable bonds is 8. The molecule has 12 heteroatoms. The lowest BCUT2D eigenvalue weighted by atomic mass is 10.2. The van der Waals surface area contributed by atoms with Crippen molar-refractivity contribution in [3.8, 4) is 0 Å². The van der Waals surface area contributed by atoms with Crippen LogP contribution in [0, 0.1) is 0 Å². The van der Waals surface area contributed by atoms with Crippen molar-refractivity contribution in [3.05, 3.63) is 0 Å². The van der Waals surface area contributed by atoms with Gasteiger partial charge in [0.1, 0.15) is 0 Å². The maximum Gasteiger partial charge on any atom is 0.239 e. The number of hydrogen-bond donors (Lipinski definition) is 1. The topological polar surface area (TPSA) is 127 Å². The molecule has 2 amide bonds. The highest BCUT2D eigenvalue weighted by molar-refractivity contribution is 7.99. The highest BCUT2D eigenvalue weighted by Gasteiger charge is 2.29. The molecule has 1 saturated carbocycles. The Hall–Kier alpha value is -1.69. The van der Waals surface area contributed by atoms with Gasteiger partial charge in [0.2, 0.25) is 17.0 Å². The lowest BCUT2D eigenvalue weighted by Gasteiger charge is -2.21. The summed E-state index contributed by atoms with van der Waals surface area (Å²) in [4.78, 5) is 26.2. The molecule has 1 aromatic heterocycles. The van der Waals surface area contributed by atoms with Crippen molar-refractivity contribution in [1.29, 1.82) is 0 Å². The van der Waals surface area contributed by atoms with E-state index in [-0.39, 0.29) is 41.7 Å². The molecule has 0 radical (unpaired) electrons. The number of likely N-dealkylation sites (N-methyl/N-ethyl adjacent to an activating group) is 1. The van der Waals surface area contributed by atoms with Crippen LogP contribution in [0.3, 0.4) is 0 Å². The van der Waals surface area contributed by atoms with Gasteiger partial charge in [0.25, 0.3) is 0 Å². The standard InChI is InChI=1S/C16H26N6O4S2/c1-2-21(9-14(23)17-12-7-8-28(25,26)11-12)15(24)10-27-16-18-19-20-22(16)13-5-3-4-6-13/h12-13H,2-11H2,1H3,(H,17,23)/t12-/m0/s1. The van der Waals surface area contributed by atoms with E-state index in [2.05, 4.69) is 20.8 Å². The van der Waals surface area contributed by atoms with Gasteiger partial charge in [0.15, 0.2) is 9.84 Å². The van der Waals surface area contributed by atoms with Crippen molar-refractivity contribution in [2.75, 3.05) is 30.3 Å². The molecule has 1 N–H and O–H groups in total. The van der Waals surface area contributed by atoms with E-state index in [0.717, 1.165) is 25.7 Å². The van der Waals surface area contributed by atoms with Crippen LogP contribution in [-0.2, 0) is 19.4 Å². The van der Waals surface area contributed by atoms with Crippen LogP contribution in [0.25, 0.3) is 0 Å². The second-order valence-electron chi connectivity index (χ2n) is 7.21. The summed E-state index contributed by atoms with van der Waals surface area (Å²) >= 11 is 1.28. The Bertz CT molecular complexity index is 806. The van der Waals surface area contributed by atoms with Crippen LogP contribution in [0.5, 0.6) is 0 Å². The minimum atomic E-state index is -3.06. The molecule has 1 aliphatic carbocycles. The van der Waals surface area contributed by atoms with E-state index >= 15 is 0 Å². The SMILES string of the molecule is CCN(CC(=O)N[C@H]1CCS(=O)(=O)C1)C(=O)CSc1nnnn1C1CCCC1. The number of hydrogen-bond acceptors (Lipinski definition) is 8. The number of tetrazole rings is 1. The fourth-order valence-electron chi connectivity index (χ4n) is 3.61. The van der Waals surface area contributed by atoms with Crippen LogP contribution in [0.4, 0.5) is 0 Å². The maximum atomic E-state index is 12.5. The number of carbonyl (C=O) groups excluding carboxylic acids is 2. The van der Waals surface area contributed by atoms with Crippen LogP contribution in [-0.4, -0.2) is 81.7 Å². The smallest absolute Gasteiger partial charge is 0.239 e. The van der Waals surface area contributed by atoms with Crippen molar-refractivity contribution in [2.45, 2.75) is 56.3 Å². The first-order chi connectivity index (χ1) is 13.4. The number of nitrogens with one attached hydrogen (secondary N) is 1. The van der Waals surface area contributed by atoms with Gasteiger partial charge >= 0.3 is 0 Å². The minimum Gasteiger partial charge on any atom is -0.351 e. The number of nitrogens with zero attached hydrogens (tertiary/aromatic N) is 5. The first-order valence-corrected chi connectivity index (χ1v) is 12.4. The van der Waals surface area contributed by atoms with Crippen LogP contribution >= 0.6 is 11.8 Å². The zero-order chi connectivity index (χ0) is 20.1. The average Bonchev–Trinajstić information content (AvgIpc) is 3.38. The molecular formula is C16H26N6O4S2. The molecular weight excluding hydrogens is 404 g/mol. The Kier molecular flexibility index (Phi) is 6.91. The number of thioether (sulfide) groups is 1. The number of amides is 2. The van der Waals surface area contributed by atoms with Crippen LogP contribution in [0.1, 0.15) is 45.1 Å². The first-order valence-electron chi connectivity index (χ1n) is 9.56. The van der Waals surface area contributed by atoms with Gasteiger partial charge in [-0.25, -0.2) is 13.1 Å². The second-order valence-corrected chi connectivity index (χ2v) is 10.4. The summed E-state index contributed by atoms with van der Waals surface area (Å²) in [6, 6.07) is -0.0694. The van der Waals surface area contributed by atoms with Gasteiger partial charge in [0.05, 0.1) is 29.8 Å². The molecule has 10 nitrogen and oxygen atoms in total. The van der Waals surface area contributed by atoms with E-state index in [1.807, 2.05) is 0 Å². The lowest BCUT2D eigenvalue weighted by Crippen LogP contribution is -2.45. The van der Waals surface area contributed by atoms with E-state index in [4.69, 9.17) is 0 Å². The number of sulfone groups is 1. The largest absolute Gasteiger partial charge is 0.351 e. The Balaban J connectivity index is 1.48. The van der Waals surface area contributed by atoms with E-state index in [9.17, 15) is 18.0 Å². The molecule has 1 atom stereocenters. The zero-order valence-electron chi connectivity index (χ0n) is 15.9. The van der Waals surface area contributed by atoms with Crippen molar-refractivity contribution < 1.29 is 18.0 Å². The summed E-state index contributed by atoms with van der Waals surface area (Å²) in [6.45, 7) is 2.11. The van der Waals surface area contributed by atoms with Gasteiger partial charge in [-0.15, -0.1) is 5.10 Å². The average molecular weight is 431 g/mol. The molecule has 0 aromatic carbocycles. The summed E-state index contributed by atoms with van der Waals surface area (Å²) < 4.78 is 24.8. The van der Waals surface area contributed by atoms with Crippen molar-refractivity contribution in [1.82, 2.24) is 30.4 Å². The van der Waals surface area contributed by atoms with Crippen molar-refractivity contribution in [3.63, 3.8) is 0 Å². The Morgan fingerprint density at radius 1 is 1.29 bits per heavy atom. The number of carbonyl (C=O) groups is 2. The molecule has 0 unspecified atom stereocenters. The monoisotopic (exact) mass is 430 g/mol. The summed E-state index contributed by atoms with van der Waals surface area (Å²) in [5, 5.41) is 15.1. The third-order valence-electron chi connectivity index (χ3n) is 5.12. The van der Waals surface area contributed by atoms with Crippen LogP contribution < -0.4 is 5.32 Å². The molecule has 1 aliphatic heterocycles. The predicted octanol–water partition coefficient (Wildman–Crippen LogP) is 0.0321. The minimum absolute atomic E-state index is 0.0293. The molecule has 1 aromatic rings. The first kappa shape index (κ1) is 21.0. The number of aromatic nitrogens is 4. The highest BCUT2D eigenvalue weighted by Crippen LogP contribution is 2.31. The summed E-state index contributed by atoms with van der Waals surface area (Å²) in [7, 11) is -3.06. The molecule has 156 valence electrons. The van der Waals surface area contributed by atoms with Crippen LogP contribution in [0.2, 0.25) is 0 Å². The third-order valence-corrected chi connectivity index (χ3v) is 7.81. The normalized spacial score (nSPS) is 21.7. The van der Waals surface area contributed by atoms with E-state index in [1.165, 1.54) is 16.7 Å². The summed E-state index contributed by atoms with van der Waals surface area (Å²) in [5.41, 5.74) is 0. The Morgan fingerprint density at radius 2 is 2.04 bits per heavy atom. The molecule has 2 aliphatic rings. The molecule has 2 heterocycles. The fourth-order valence-corrected chi connectivity index (χ4v) is 6.13. The second kappa shape index (κ2) is 9.21. The van der Waals surface area contributed by atoms with Gasteiger partial charge in [-0.3, -0.25) is 9.59 Å². The molecule has 0 bridgehead atoms. The third kappa shape index (κ3) is 5.43. The Morgan fingerprint density at radius 3 is 2.68 bits per heavy atom. The van der Waals surface area contributed by atoms with Crippen LogP contribution in [0.15, 0.2) is 5.16 Å². The maximum absolute atomic E-state index is 12.5. The van der Waals surface area contributed by atoms with E-state index in [0.29, 0.717) is 24.2 Å². The molecule has 2 fully saturated rings. The Labute approximate surface area is 168 Å². The van der Waals surface area contributed by atoms with Gasteiger partial charge in [0, 0.05) is 12.6 Å². The predicted molar refractivity (Wildman–Crippen MR) is 104 cm³/mol. The molecule has 28 heavy (non-hydrogen) atoms. The quantitative estimate of drug-likeness (QED) is 0.572. The van der Waals surface area contributed by atoms with Crippen molar-refractivity contribution >= 4 is 33.4 Å². The molecule has 0 spiro atoms. The van der Waals surface area contributed by atoms with E-state index < -0.39 is 9.84 Å². The summed E-state index contributed by atoms with van der Waals surface area (Å²) in [6.07, 6.45) is 4.84. The van der Waals surface area contributed by atoms with Gasteiger partial charge in [-0.05, 0) is 36.6 Å². The zero-order valence-corrected chi connectivity index (χ0v) is 17.5. The van der Waals surface area contributed by atoms with Gasteiger partial charge in [-0.2, -0.15) is 0 Å². The van der Waals surface area contributed by atoms with Gasteiger partial charge in [-0.1, -0.05) is 24.6 Å². The molecule has 3 rings (SSSR count).